The van der Waals surface area contributed by atoms with E-state index in [-0.39, 0.29) is 18.4 Å². The zero-order valence-electron chi connectivity index (χ0n) is 17.6. The van der Waals surface area contributed by atoms with Gasteiger partial charge in [-0.25, -0.2) is 0 Å². The fourth-order valence-electron chi connectivity index (χ4n) is 3.18. The van der Waals surface area contributed by atoms with Crippen LogP contribution < -0.4 is 0 Å². The largest absolute Gasteiger partial charge is 0.469 e. The van der Waals surface area contributed by atoms with Crippen molar-refractivity contribution in [3.63, 3.8) is 0 Å². The minimum atomic E-state index is -3.37. The summed E-state index contributed by atoms with van der Waals surface area (Å²) in [5.41, 5.74) is 0. The van der Waals surface area contributed by atoms with Crippen LogP contribution in [0.25, 0.3) is 0 Å². The number of rotatable bonds is 11. The molecular formula is C22H33F2NO4. The third-order valence-electron chi connectivity index (χ3n) is 5.04. The highest BCUT2D eigenvalue weighted by Crippen LogP contribution is 2.34. The smallest absolute Gasteiger partial charge is 0.327 e. The standard InChI is InChI=1S/C22H33F2NO4/c1-4-5-8-11-17(2)19(26)14-13-18-16-22(23,24)21(28)25(18)15-10-7-6-9-12-20(27)29-3/h13-14,17-19,26H,4,6-7,9-12,15-16H2,1-3H3/t17-,18?,19+/m0/s1. The zero-order valence-corrected chi connectivity index (χ0v) is 17.6. The molecule has 0 bridgehead atoms. The number of carbonyl (C=O) groups excluding carboxylic acids is 2. The Hall–Kier alpha value is -1.94. The van der Waals surface area contributed by atoms with Gasteiger partial charge in [-0.2, -0.15) is 8.78 Å². The van der Waals surface area contributed by atoms with E-state index in [1.807, 2.05) is 13.8 Å². The lowest BCUT2D eigenvalue weighted by Gasteiger charge is -2.22. The molecule has 0 radical (unpaired) electrons. The van der Waals surface area contributed by atoms with E-state index in [0.29, 0.717) is 25.7 Å². The SMILES string of the molecule is CCC#CC[C@H](C)[C@H](O)C=CC1CC(F)(F)C(=O)N1CCCCCCC(=O)OC. The van der Waals surface area contributed by atoms with Crippen molar-refractivity contribution in [1.82, 2.24) is 4.90 Å². The Morgan fingerprint density at radius 2 is 2.03 bits per heavy atom. The highest BCUT2D eigenvalue weighted by Gasteiger charge is 2.52. The molecule has 164 valence electrons. The van der Waals surface area contributed by atoms with Gasteiger partial charge in [0.1, 0.15) is 0 Å². The lowest BCUT2D eigenvalue weighted by Crippen LogP contribution is -2.36. The maximum atomic E-state index is 13.9. The summed E-state index contributed by atoms with van der Waals surface area (Å²) in [6.45, 7) is 4.02. The van der Waals surface area contributed by atoms with Crippen molar-refractivity contribution < 1.29 is 28.2 Å². The number of carbonyl (C=O) groups is 2. The lowest BCUT2D eigenvalue weighted by atomic mass is 9.99. The molecule has 1 fully saturated rings. The van der Waals surface area contributed by atoms with Gasteiger partial charge in [0.15, 0.2) is 0 Å². The van der Waals surface area contributed by atoms with Gasteiger partial charge in [0.05, 0.1) is 19.3 Å². The number of hydrogen-bond donors (Lipinski definition) is 1. The highest BCUT2D eigenvalue weighted by molar-refractivity contribution is 5.86. The van der Waals surface area contributed by atoms with Crippen molar-refractivity contribution in [2.75, 3.05) is 13.7 Å². The third-order valence-corrected chi connectivity index (χ3v) is 5.04. The molecule has 0 aromatic heterocycles. The molecule has 1 aliphatic rings. The summed E-state index contributed by atoms with van der Waals surface area (Å²) in [7, 11) is 1.34. The summed E-state index contributed by atoms with van der Waals surface area (Å²) in [6, 6.07) is -0.726. The van der Waals surface area contributed by atoms with E-state index in [9.17, 15) is 23.5 Å². The van der Waals surface area contributed by atoms with E-state index in [4.69, 9.17) is 0 Å². The van der Waals surface area contributed by atoms with E-state index in [1.165, 1.54) is 24.2 Å². The first-order valence-corrected chi connectivity index (χ1v) is 10.3. The number of unbranched alkanes of at least 4 members (excludes halogenated alkanes) is 3. The Morgan fingerprint density at radius 1 is 1.34 bits per heavy atom. The van der Waals surface area contributed by atoms with Crippen LogP contribution in [0.15, 0.2) is 12.2 Å². The molecule has 0 spiro atoms. The first-order valence-electron chi connectivity index (χ1n) is 10.3. The number of amides is 1. The molecule has 0 aromatic rings. The minimum absolute atomic E-state index is 0.119. The van der Waals surface area contributed by atoms with Gasteiger partial charge in [-0.05, 0) is 18.8 Å². The van der Waals surface area contributed by atoms with Gasteiger partial charge in [0.2, 0.25) is 0 Å². The van der Waals surface area contributed by atoms with Crippen LogP contribution >= 0.6 is 0 Å². The Labute approximate surface area is 172 Å². The summed E-state index contributed by atoms with van der Waals surface area (Å²) in [6.07, 6.45) is 6.01. The van der Waals surface area contributed by atoms with Crippen LogP contribution in [-0.2, 0) is 14.3 Å². The first-order chi connectivity index (χ1) is 13.7. The predicted molar refractivity (Wildman–Crippen MR) is 107 cm³/mol. The zero-order chi connectivity index (χ0) is 21.9. The number of aliphatic hydroxyl groups excluding tert-OH is 1. The van der Waals surface area contributed by atoms with Crippen LogP contribution in [0, 0.1) is 17.8 Å². The third kappa shape index (κ3) is 8.53. The Bertz CT molecular complexity index is 624. The topological polar surface area (TPSA) is 66.8 Å². The maximum Gasteiger partial charge on any atom is 0.327 e. The summed E-state index contributed by atoms with van der Waals surface area (Å²) >= 11 is 0. The number of hydrogen-bond acceptors (Lipinski definition) is 4. The number of ether oxygens (including phenoxy) is 1. The number of likely N-dealkylation sites (tertiary alicyclic amines) is 1. The molecule has 7 heteroatoms. The quantitative estimate of drug-likeness (QED) is 0.243. The van der Waals surface area contributed by atoms with Gasteiger partial charge in [0, 0.05) is 32.2 Å². The normalized spacial score (nSPS) is 20.4. The lowest BCUT2D eigenvalue weighted by molar-refractivity contribution is -0.148. The summed E-state index contributed by atoms with van der Waals surface area (Å²) < 4.78 is 32.4. The number of alkyl halides is 2. The molecule has 0 saturated carbocycles. The van der Waals surface area contributed by atoms with Crippen molar-refractivity contribution >= 4 is 11.9 Å². The van der Waals surface area contributed by atoms with Crippen LogP contribution in [0.4, 0.5) is 8.78 Å². The summed E-state index contributed by atoms with van der Waals surface area (Å²) in [4.78, 5) is 24.3. The Kier molecular flexibility index (Phi) is 10.9. The summed E-state index contributed by atoms with van der Waals surface area (Å²) in [5, 5.41) is 10.2. The Morgan fingerprint density at radius 3 is 2.69 bits per heavy atom. The van der Waals surface area contributed by atoms with Crippen LogP contribution in [0.3, 0.4) is 0 Å². The molecule has 1 saturated heterocycles. The molecule has 1 unspecified atom stereocenters. The van der Waals surface area contributed by atoms with Crippen molar-refractivity contribution in [3.05, 3.63) is 12.2 Å². The number of methoxy groups -OCH3 is 1. The average molecular weight is 414 g/mol. The molecule has 0 aliphatic carbocycles. The number of aliphatic hydroxyl groups is 1. The molecule has 5 nitrogen and oxygen atoms in total. The second-order valence-corrected chi connectivity index (χ2v) is 7.48. The van der Waals surface area contributed by atoms with Crippen LogP contribution in [0.2, 0.25) is 0 Å². The van der Waals surface area contributed by atoms with Crippen LogP contribution in [-0.4, -0.2) is 53.6 Å². The van der Waals surface area contributed by atoms with Gasteiger partial charge in [-0.3, -0.25) is 9.59 Å². The van der Waals surface area contributed by atoms with Crippen molar-refractivity contribution in [3.8, 4) is 11.8 Å². The summed E-state index contributed by atoms with van der Waals surface area (Å²) in [5.74, 6) is 0.998. The number of halogens is 2. The average Bonchev–Trinajstić information content (AvgIpc) is 2.91. The molecular weight excluding hydrogens is 380 g/mol. The fraction of sp³-hybridized carbons (Fsp3) is 0.727. The van der Waals surface area contributed by atoms with Gasteiger partial charge in [-0.15, -0.1) is 11.8 Å². The second-order valence-electron chi connectivity index (χ2n) is 7.48. The van der Waals surface area contributed by atoms with E-state index in [2.05, 4.69) is 16.6 Å². The molecule has 1 rings (SSSR count). The molecule has 1 amide bonds. The van der Waals surface area contributed by atoms with Crippen molar-refractivity contribution in [2.24, 2.45) is 5.92 Å². The molecule has 1 heterocycles. The van der Waals surface area contributed by atoms with Gasteiger partial charge in [0.25, 0.3) is 5.91 Å². The minimum Gasteiger partial charge on any atom is -0.469 e. The predicted octanol–water partition coefficient (Wildman–Crippen LogP) is 3.70. The van der Waals surface area contributed by atoms with E-state index < -0.39 is 30.4 Å². The van der Waals surface area contributed by atoms with Gasteiger partial charge < -0.3 is 14.7 Å². The van der Waals surface area contributed by atoms with Gasteiger partial charge >= 0.3 is 11.9 Å². The number of nitrogens with zero attached hydrogens (tertiary/aromatic N) is 1. The van der Waals surface area contributed by atoms with E-state index in [1.54, 1.807) is 0 Å². The van der Waals surface area contributed by atoms with Crippen LogP contribution in [0.1, 0.15) is 65.2 Å². The maximum absolute atomic E-state index is 13.9. The van der Waals surface area contributed by atoms with E-state index >= 15 is 0 Å². The fourth-order valence-corrected chi connectivity index (χ4v) is 3.18. The van der Waals surface area contributed by atoms with Crippen molar-refractivity contribution in [2.45, 2.75) is 83.3 Å². The second kappa shape index (κ2) is 12.6. The van der Waals surface area contributed by atoms with E-state index in [0.717, 1.165) is 19.3 Å². The number of esters is 1. The molecule has 29 heavy (non-hydrogen) atoms. The molecule has 1 aliphatic heterocycles. The molecule has 1 N–H and O–H groups in total. The Balaban J connectivity index is 2.56. The van der Waals surface area contributed by atoms with Crippen molar-refractivity contribution in [1.29, 1.82) is 0 Å². The van der Waals surface area contributed by atoms with Crippen LogP contribution in [0.5, 0.6) is 0 Å². The van der Waals surface area contributed by atoms with Gasteiger partial charge in [-0.1, -0.05) is 38.8 Å². The monoisotopic (exact) mass is 413 g/mol. The molecule has 3 atom stereocenters. The highest BCUT2D eigenvalue weighted by atomic mass is 19.3. The first kappa shape index (κ1) is 25.1. The molecule has 0 aromatic carbocycles.